The van der Waals surface area contributed by atoms with E-state index in [1.165, 1.54) is 11.1 Å². The number of oxime groups is 1. The van der Waals surface area contributed by atoms with E-state index in [0.717, 1.165) is 31.5 Å². The minimum absolute atomic E-state index is 0.136. The number of nitrogens with zero attached hydrogens (tertiary/aromatic N) is 1. The average molecular weight is 283 g/mol. The zero-order chi connectivity index (χ0) is 14.9. The van der Waals surface area contributed by atoms with Crippen molar-refractivity contribution >= 4 is 5.84 Å². The van der Waals surface area contributed by atoms with Gasteiger partial charge < -0.3 is 16.3 Å². The maximum atomic E-state index is 8.60. The second-order valence-electron chi connectivity index (χ2n) is 4.95. The first-order chi connectivity index (χ1) is 10.3. The first-order valence-corrected chi connectivity index (χ1v) is 7.11. The zero-order valence-electron chi connectivity index (χ0n) is 12.0. The van der Waals surface area contributed by atoms with Crippen LogP contribution in [0.3, 0.4) is 0 Å². The minimum Gasteiger partial charge on any atom is -0.409 e. The molecular formula is C17H21N3O. The van der Waals surface area contributed by atoms with Crippen LogP contribution in [0.4, 0.5) is 0 Å². The van der Waals surface area contributed by atoms with Crippen LogP contribution in [0.15, 0.2) is 59.8 Å². The van der Waals surface area contributed by atoms with Crippen molar-refractivity contribution in [2.45, 2.75) is 19.4 Å². The van der Waals surface area contributed by atoms with Gasteiger partial charge in [0.15, 0.2) is 5.84 Å². The van der Waals surface area contributed by atoms with Crippen molar-refractivity contribution in [1.29, 1.82) is 0 Å². The third kappa shape index (κ3) is 4.93. The number of aryl methyl sites for hydroxylation is 1. The Kier molecular flexibility index (Phi) is 5.79. The fraction of sp³-hybridized carbons (Fsp3) is 0.235. The maximum Gasteiger partial charge on any atom is 0.170 e. The van der Waals surface area contributed by atoms with E-state index in [4.69, 9.17) is 10.9 Å². The first-order valence-electron chi connectivity index (χ1n) is 7.11. The number of amidine groups is 1. The van der Waals surface area contributed by atoms with Crippen molar-refractivity contribution in [3.05, 3.63) is 71.3 Å². The lowest BCUT2D eigenvalue weighted by atomic mass is 10.1. The fourth-order valence-electron chi connectivity index (χ4n) is 2.15. The highest BCUT2D eigenvalue weighted by Gasteiger charge is 1.99. The van der Waals surface area contributed by atoms with E-state index < -0.39 is 0 Å². The van der Waals surface area contributed by atoms with Crippen molar-refractivity contribution in [3.63, 3.8) is 0 Å². The summed E-state index contributed by atoms with van der Waals surface area (Å²) in [4.78, 5) is 0. The molecule has 0 saturated carbocycles. The van der Waals surface area contributed by atoms with Crippen LogP contribution >= 0.6 is 0 Å². The molecule has 0 aliphatic heterocycles. The summed E-state index contributed by atoms with van der Waals surface area (Å²) >= 11 is 0. The molecule has 0 aromatic heterocycles. The molecule has 0 aliphatic carbocycles. The highest BCUT2D eigenvalue weighted by atomic mass is 16.4. The van der Waals surface area contributed by atoms with Crippen LogP contribution in [0.2, 0.25) is 0 Å². The molecule has 0 atom stereocenters. The molecule has 0 fully saturated rings. The molecule has 4 N–H and O–H groups in total. The standard InChI is InChI=1S/C17H21N3O/c18-17(20-21)16-10-8-15(9-11-16)13-19-12-4-7-14-5-2-1-3-6-14/h1-3,5-6,8-11,19,21H,4,7,12-13H2,(H2,18,20). The van der Waals surface area contributed by atoms with E-state index >= 15 is 0 Å². The van der Waals surface area contributed by atoms with E-state index in [1.54, 1.807) is 0 Å². The van der Waals surface area contributed by atoms with Crippen molar-refractivity contribution < 1.29 is 5.21 Å². The maximum absolute atomic E-state index is 8.60. The Bertz CT molecular complexity index is 564. The smallest absolute Gasteiger partial charge is 0.170 e. The predicted molar refractivity (Wildman–Crippen MR) is 85.4 cm³/mol. The molecule has 0 heterocycles. The normalized spacial score (nSPS) is 11.5. The lowest BCUT2D eigenvalue weighted by molar-refractivity contribution is 0.318. The van der Waals surface area contributed by atoms with Gasteiger partial charge in [0, 0.05) is 12.1 Å². The molecule has 110 valence electrons. The lowest BCUT2D eigenvalue weighted by Crippen LogP contribution is -2.16. The molecule has 2 aromatic rings. The molecule has 2 rings (SSSR count). The largest absolute Gasteiger partial charge is 0.409 e. The van der Waals surface area contributed by atoms with Gasteiger partial charge in [0.25, 0.3) is 0 Å². The third-order valence-electron chi connectivity index (χ3n) is 3.35. The Labute approximate surface area is 125 Å². The van der Waals surface area contributed by atoms with E-state index in [9.17, 15) is 0 Å². The van der Waals surface area contributed by atoms with Gasteiger partial charge in [0.05, 0.1) is 0 Å². The molecule has 0 aliphatic rings. The van der Waals surface area contributed by atoms with Crippen LogP contribution in [-0.4, -0.2) is 17.6 Å². The van der Waals surface area contributed by atoms with Gasteiger partial charge in [0.2, 0.25) is 0 Å². The molecule has 0 amide bonds. The topological polar surface area (TPSA) is 70.6 Å². The van der Waals surface area contributed by atoms with Gasteiger partial charge in [-0.25, -0.2) is 0 Å². The van der Waals surface area contributed by atoms with E-state index in [-0.39, 0.29) is 5.84 Å². The summed E-state index contributed by atoms with van der Waals surface area (Å²) < 4.78 is 0. The Morgan fingerprint density at radius 3 is 2.38 bits per heavy atom. The molecule has 0 bridgehead atoms. The summed E-state index contributed by atoms with van der Waals surface area (Å²) in [5, 5.41) is 15.0. The molecule has 0 saturated heterocycles. The van der Waals surface area contributed by atoms with E-state index in [0.29, 0.717) is 0 Å². The van der Waals surface area contributed by atoms with Crippen LogP contribution in [0.5, 0.6) is 0 Å². The number of hydrogen-bond donors (Lipinski definition) is 3. The Morgan fingerprint density at radius 2 is 1.71 bits per heavy atom. The van der Waals surface area contributed by atoms with Gasteiger partial charge in [-0.1, -0.05) is 59.8 Å². The summed E-state index contributed by atoms with van der Waals surface area (Å²) in [5.41, 5.74) is 8.81. The Hall–Kier alpha value is -2.33. The molecule has 4 nitrogen and oxygen atoms in total. The van der Waals surface area contributed by atoms with Crippen molar-refractivity contribution in [1.82, 2.24) is 5.32 Å². The molecule has 2 aromatic carbocycles. The summed E-state index contributed by atoms with van der Waals surface area (Å²) in [5.74, 6) is 0.136. The average Bonchev–Trinajstić information content (AvgIpc) is 2.55. The third-order valence-corrected chi connectivity index (χ3v) is 3.35. The Balaban J connectivity index is 1.69. The highest BCUT2D eigenvalue weighted by molar-refractivity contribution is 5.96. The van der Waals surface area contributed by atoms with Gasteiger partial charge in [0.1, 0.15) is 0 Å². The number of nitrogens with one attached hydrogen (secondary N) is 1. The fourth-order valence-corrected chi connectivity index (χ4v) is 2.15. The highest BCUT2D eigenvalue weighted by Crippen LogP contribution is 2.05. The van der Waals surface area contributed by atoms with Crippen LogP contribution in [0.25, 0.3) is 0 Å². The van der Waals surface area contributed by atoms with Crippen LogP contribution in [-0.2, 0) is 13.0 Å². The summed E-state index contributed by atoms with van der Waals surface area (Å²) in [6, 6.07) is 18.2. The number of benzene rings is 2. The number of hydrogen-bond acceptors (Lipinski definition) is 3. The lowest BCUT2D eigenvalue weighted by Gasteiger charge is -2.06. The van der Waals surface area contributed by atoms with E-state index in [2.05, 4.69) is 34.7 Å². The number of rotatable bonds is 7. The summed E-state index contributed by atoms with van der Waals surface area (Å²) in [6.07, 6.45) is 2.21. The SMILES string of the molecule is NC(=NO)c1ccc(CNCCCc2ccccc2)cc1. The van der Waals surface area contributed by atoms with Crippen molar-refractivity contribution in [2.75, 3.05) is 6.54 Å². The van der Waals surface area contributed by atoms with Gasteiger partial charge in [-0.05, 0) is 30.5 Å². The minimum atomic E-state index is 0.136. The predicted octanol–water partition coefficient (Wildman–Crippen LogP) is 2.50. The number of nitrogens with two attached hydrogens (primary N) is 1. The second-order valence-corrected chi connectivity index (χ2v) is 4.95. The summed E-state index contributed by atoms with van der Waals surface area (Å²) in [7, 11) is 0. The van der Waals surface area contributed by atoms with Crippen LogP contribution < -0.4 is 11.1 Å². The molecule has 4 heteroatoms. The van der Waals surface area contributed by atoms with E-state index in [1.807, 2.05) is 30.3 Å². The van der Waals surface area contributed by atoms with Crippen LogP contribution in [0.1, 0.15) is 23.1 Å². The Morgan fingerprint density at radius 1 is 1.00 bits per heavy atom. The molecule has 0 unspecified atom stereocenters. The first kappa shape index (κ1) is 15.1. The molecular weight excluding hydrogens is 262 g/mol. The zero-order valence-corrected chi connectivity index (χ0v) is 12.0. The van der Waals surface area contributed by atoms with Gasteiger partial charge in [-0.2, -0.15) is 0 Å². The van der Waals surface area contributed by atoms with Gasteiger partial charge >= 0.3 is 0 Å². The van der Waals surface area contributed by atoms with Crippen LogP contribution in [0, 0.1) is 0 Å². The van der Waals surface area contributed by atoms with Crippen molar-refractivity contribution in [2.24, 2.45) is 10.9 Å². The summed E-state index contributed by atoms with van der Waals surface area (Å²) in [6.45, 7) is 1.81. The van der Waals surface area contributed by atoms with Gasteiger partial charge in [-0.15, -0.1) is 0 Å². The van der Waals surface area contributed by atoms with Gasteiger partial charge in [-0.3, -0.25) is 0 Å². The van der Waals surface area contributed by atoms with Crippen molar-refractivity contribution in [3.8, 4) is 0 Å². The quantitative estimate of drug-likeness (QED) is 0.240. The molecule has 0 spiro atoms. The second kappa shape index (κ2) is 8.07. The molecule has 21 heavy (non-hydrogen) atoms. The molecule has 0 radical (unpaired) electrons. The monoisotopic (exact) mass is 283 g/mol.